The Bertz CT molecular complexity index is 1310. The molecular weight excluding hydrogens is 637 g/mol. The van der Waals surface area contributed by atoms with Crippen LogP contribution in [0.4, 0.5) is 22.4 Å². The Morgan fingerprint density at radius 2 is 1.82 bits per heavy atom. The van der Waals surface area contributed by atoms with Gasteiger partial charge in [-0.05, 0) is 66.0 Å². The lowest BCUT2D eigenvalue weighted by molar-refractivity contribution is -0.253. The highest BCUT2D eigenvalue weighted by molar-refractivity contribution is 14.1. The van der Waals surface area contributed by atoms with Crippen molar-refractivity contribution in [1.82, 2.24) is 15.6 Å². The highest BCUT2D eigenvalue weighted by atomic mass is 127. The minimum Gasteiger partial charge on any atom is -0.428 e. The van der Waals surface area contributed by atoms with Crippen molar-refractivity contribution in [1.29, 1.82) is 0 Å². The Labute approximate surface area is 244 Å². The maximum atomic E-state index is 13.9. The lowest BCUT2D eigenvalue weighted by atomic mass is 9.80. The van der Waals surface area contributed by atoms with Gasteiger partial charge in [0, 0.05) is 23.1 Å². The molecule has 0 radical (unpaired) electrons. The fourth-order valence-electron chi connectivity index (χ4n) is 6.03. The predicted octanol–water partition coefficient (Wildman–Crippen LogP) is 7.23. The summed E-state index contributed by atoms with van der Waals surface area (Å²) in [7, 11) is 0. The molecule has 0 unspecified atom stereocenters. The molecule has 4 atom stereocenters. The van der Waals surface area contributed by atoms with Crippen molar-refractivity contribution in [2.45, 2.75) is 60.6 Å². The van der Waals surface area contributed by atoms with Crippen molar-refractivity contribution in [3.05, 3.63) is 95.3 Å². The van der Waals surface area contributed by atoms with Crippen LogP contribution in [-0.4, -0.2) is 29.6 Å². The van der Waals surface area contributed by atoms with E-state index in [2.05, 4.69) is 38.0 Å². The number of pyridine rings is 1. The molecule has 2 saturated carbocycles. The van der Waals surface area contributed by atoms with E-state index in [0.29, 0.717) is 23.1 Å². The van der Waals surface area contributed by atoms with Gasteiger partial charge in [-0.25, -0.2) is 4.79 Å². The number of urea groups is 1. The molecule has 3 aromatic rings. The third-order valence-electron chi connectivity index (χ3n) is 7.94. The second kappa shape index (κ2) is 11.9. The summed E-state index contributed by atoms with van der Waals surface area (Å²) in [6.45, 7) is 0. The van der Waals surface area contributed by atoms with Crippen molar-refractivity contribution in [2.75, 3.05) is 0 Å². The Morgan fingerprint density at radius 1 is 1.02 bits per heavy atom. The molecule has 2 N–H and O–H groups in total. The van der Waals surface area contributed by atoms with Gasteiger partial charge in [0.2, 0.25) is 0 Å². The standard InChI is InChI=1S/C30H30F4IN3O2/c31-27(32)30(33,34)40-24-8-4-7-23(15-24)29(16-19-5-2-1-3-6-19,26-12-10-21(17-35)18-36-26)38-28(39)37-25-14-20-9-11-22(25)13-20/h1-8,10,12,15,18,20,22,25,27H,9,11,13-14,16-17H2,(H2,37,38,39)/t20-,22+,25-,29-/m1/s1. The quantitative estimate of drug-likeness (QED) is 0.136. The first-order valence-electron chi connectivity index (χ1n) is 13.3. The van der Waals surface area contributed by atoms with Crippen LogP contribution in [0.2, 0.25) is 0 Å². The number of alkyl halides is 5. The monoisotopic (exact) mass is 667 g/mol. The van der Waals surface area contributed by atoms with Gasteiger partial charge in [-0.2, -0.15) is 17.6 Å². The van der Waals surface area contributed by atoms with Crippen LogP contribution in [0.1, 0.15) is 48.1 Å². The number of carbonyl (C=O) groups excluding carboxylic acids is 1. The average molecular weight is 667 g/mol. The highest BCUT2D eigenvalue weighted by Gasteiger charge is 2.45. The smallest absolute Gasteiger partial charge is 0.428 e. The molecule has 2 aliphatic rings. The van der Waals surface area contributed by atoms with Crippen LogP contribution in [0.15, 0.2) is 72.9 Å². The van der Waals surface area contributed by atoms with Crippen molar-refractivity contribution >= 4 is 28.6 Å². The number of hydrogen-bond donors (Lipinski definition) is 2. The molecule has 5 rings (SSSR count). The van der Waals surface area contributed by atoms with Gasteiger partial charge in [0.25, 0.3) is 0 Å². The van der Waals surface area contributed by atoms with E-state index in [-0.39, 0.29) is 12.5 Å². The molecule has 1 aromatic heterocycles. The largest absolute Gasteiger partial charge is 0.461 e. The van der Waals surface area contributed by atoms with Crippen LogP contribution >= 0.6 is 22.6 Å². The minimum absolute atomic E-state index is 0.0573. The molecule has 2 aliphatic carbocycles. The van der Waals surface area contributed by atoms with E-state index in [1.54, 1.807) is 18.3 Å². The van der Waals surface area contributed by atoms with Gasteiger partial charge in [0.15, 0.2) is 0 Å². The molecule has 40 heavy (non-hydrogen) atoms. The zero-order valence-electron chi connectivity index (χ0n) is 21.6. The molecule has 2 amide bonds. The van der Waals surface area contributed by atoms with E-state index in [1.165, 1.54) is 24.6 Å². The van der Waals surface area contributed by atoms with E-state index in [1.807, 2.05) is 36.4 Å². The van der Waals surface area contributed by atoms with Gasteiger partial charge in [-0.15, -0.1) is 0 Å². The zero-order chi connectivity index (χ0) is 28.3. The number of benzene rings is 2. The maximum absolute atomic E-state index is 13.9. The van der Waals surface area contributed by atoms with Gasteiger partial charge in [0.1, 0.15) is 11.3 Å². The minimum atomic E-state index is -4.67. The number of rotatable bonds is 10. The van der Waals surface area contributed by atoms with Crippen LogP contribution in [0.3, 0.4) is 0 Å². The maximum Gasteiger partial charge on any atom is 0.461 e. The van der Waals surface area contributed by atoms with E-state index in [4.69, 9.17) is 4.98 Å². The molecule has 2 aromatic carbocycles. The van der Waals surface area contributed by atoms with Gasteiger partial charge in [-0.3, -0.25) is 4.98 Å². The molecule has 1 heterocycles. The molecular formula is C30H30F4IN3O2. The molecule has 0 spiro atoms. The lowest BCUT2D eigenvalue weighted by Crippen LogP contribution is -2.55. The van der Waals surface area contributed by atoms with Crippen LogP contribution in [0.25, 0.3) is 0 Å². The number of amides is 2. The van der Waals surface area contributed by atoms with Gasteiger partial charge >= 0.3 is 18.6 Å². The Kier molecular flexibility index (Phi) is 8.53. The molecule has 2 bridgehead atoms. The fraction of sp³-hybridized carbons (Fsp3) is 0.400. The summed E-state index contributed by atoms with van der Waals surface area (Å²) in [5, 5.41) is 6.29. The summed E-state index contributed by atoms with van der Waals surface area (Å²) < 4.78 is 58.7. The van der Waals surface area contributed by atoms with Crippen molar-refractivity contribution < 1.29 is 27.1 Å². The van der Waals surface area contributed by atoms with Gasteiger partial charge in [-0.1, -0.05) is 77.5 Å². The number of nitrogens with one attached hydrogen (secondary N) is 2. The van der Waals surface area contributed by atoms with Gasteiger partial charge in [0.05, 0.1) is 5.69 Å². The molecule has 212 valence electrons. The number of halogens is 5. The van der Waals surface area contributed by atoms with Crippen molar-refractivity contribution in [2.24, 2.45) is 11.8 Å². The topological polar surface area (TPSA) is 63.2 Å². The number of hydrogen-bond acceptors (Lipinski definition) is 3. The summed E-state index contributed by atoms with van der Waals surface area (Å²) in [6.07, 6.45) is -2.43. The number of carbonyl (C=O) groups is 1. The third kappa shape index (κ3) is 6.21. The lowest BCUT2D eigenvalue weighted by Gasteiger charge is -2.36. The van der Waals surface area contributed by atoms with Crippen molar-refractivity contribution in [3.63, 3.8) is 0 Å². The average Bonchev–Trinajstić information content (AvgIpc) is 3.56. The number of fused-ring (bicyclic) bond motifs is 2. The van der Waals surface area contributed by atoms with E-state index >= 15 is 0 Å². The van der Waals surface area contributed by atoms with E-state index < -0.39 is 29.9 Å². The number of nitrogens with zero attached hydrogens (tertiary/aromatic N) is 1. The molecule has 5 nitrogen and oxygen atoms in total. The van der Waals surface area contributed by atoms with Crippen LogP contribution in [-0.2, 0) is 16.4 Å². The third-order valence-corrected chi connectivity index (χ3v) is 8.83. The Morgan fingerprint density at radius 3 is 2.45 bits per heavy atom. The van der Waals surface area contributed by atoms with Crippen LogP contribution in [0, 0.1) is 11.8 Å². The first-order valence-corrected chi connectivity index (χ1v) is 14.8. The summed E-state index contributed by atoms with van der Waals surface area (Å²) >= 11 is 2.23. The van der Waals surface area contributed by atoms with E-state index in [9.17, 15) is 22.4 Å². The first kappa shape index (κ1) is 28.6. The first-order chi connectivity index (χ1) is 19.2. The van der Waals surface area contributed by atoms with Crippen LogP contribution < -0.4 is 15.4 Å². The van der Waals surface area contributed by atoms with Crippen LogP contribution in [0.5, 0.6) is 5.75 Å². The SMILES string of the molecule is O=C(N[C@@H]1C[C@@H]2CC[C@H]1C2)N[C@](Cc1ccccc1)(c1cccc(OC(F)(F)C(F)F)c1)c1ccc(CI)cn1. The Hall–Kier alpha value is -2.89. The molecule has 0 saturated heterocycles. The molecule has 0 aliphatic heterocycles. The second-order valence-electron chi connectivity index (χ2n) is 10.6. The van der Waals surface area contributed by atoms with Crippen molar-refractivity contribution in [3.8, 4) is 5.75 Å². The fourth-order valence-corrected chi connectivity index (χ4v) is 6.48. The summed E-state index contributed by atoms with van der Waals surface area (Å²) in [5.74, 6) is 0.616. The summed E-state index contributed by atoms with van der Waals surface area (Å²) in [4.78, 5) is 18.3. The predicted molar refractivity (Wildman–Crippen MR) is 152 cm³/mol. The molecule has 10 heteroatoms. The second-order valence-corrected chi connectivity index (χ2v) is 11.4. The van der Waals surface area contributed by atoms with Gasteiger partial charge < -0.3 is 15.4 Å². The Balaban J connectivity index is 1.58. The highest BCUT2D eigenvalue weighted by Crippen LogP contribution is 2.44. The normalized spacial score (nSPS) is 21.7. The number of ether oxygens (including phenoxy) is 1. The zero-order valence-corrected chi connectivity index (χ0v) is 23.8. The summed E-state index contributed by atoms with van der Waals surface area (Å²) in [5.41, 5.74) is 1.35. The summed E-state index contributed by atoms with van der Waals surface area (Å²) in [6, 6.07) is 18.3. The van der Waals surface area contributed by atoms with E-state index in [0.717, 1.165) is 34.8 Å². The molecule has 2 fully saturated rings. The number of aromatic nitrogens is 1.